The van der Waals surface area contributed by atoms with E-state index in [1.54, 1.807) is 0 Å². The minimum absolute atomic E-state index is 0.0683. The molecule has 18 heavy (non-hydrogen) atoms. The van der Waals surface area contributed by atoms with Gasteiger partial charge in [-0.2, -0.15) is 0 Å². The SMILES string of the molecule is Cc1nc2c(Cl)c([N+](=O)[O-])c(Cl)nc2c(C)c1C. The van der Waals surface area contributed by atoms with Gasteiger partial charge in [0.25, 0.3) is 0 Å². The quantitative estimate of drug-likeness (QED) is 0.454. The highest BCUT2D eigenvalue weighted by molar-refractivity contribution is 6.40. The molecule has 2 heterocycles. The molecule has 2 aromatic rings. The fraction of sp³-hybridized carbons (Fsp3) is 0.273. The average Bonchev–Trinajstić information content (AvgIpc) is 2.28. The highest BCUT2D eigenvalue weighted by atomic mass is 35.5. The Hall–Kier alpha value is -1.46. The second-order valence-corrected chi connectivity index (χ2v) is 4.70. The summed E-state index contributed by atoms with van der Waals surface area (Å²) in [4.78, 5) is 18.5. The van der Waals surface area contributed by atoms with Crippen molar-refractivity contribution in [1.82, 2.24) is 9.97 Å². The Kier molecular flexibility index (Phi) is 3.12. The fourth-order valence-electron chi connectivity index (χ4n) is 1.73. The highest BCUT2D eigenvalue weighted by Gasteiger charge is 2.24. The summed E-state index contributed by atoms with van der Waals surface area (Å²) in [6.45, 7) is 5.58. The third kappa shape index (κ3) is 1.79. The van der Waals surface area contributed by atoms with Crippen molar-refractivity contribution in [1.29, 1.82) is 0 Å². The molecule has 0 atom stereocenters. The van der Waals surface area contributed by atoms with Crippen LogP contribution in [0.4, 0.5) is 5.69 Å². The van der Waals surface area contributed by atoms with Crippen LogP contribution in [0.3, 0.4) is 0 Å². The third-order valence-electron chi connectivity index (χ3n) is 2.97. The Balaban J connectivity index is 3.01. The molecule has 0 aliphatic carbocycles. The highest BCUT2D eigenvalue weighted by Crippen LogP contribution is 2.37. The lowest BCUT2D eigenvalue weighted by atomic mass is 10.1. The maximum absolute atomic E-state index is 10.9. The molecule has 0 saturated heterocycles. The summed E-state index contributed by atoms with van der Waals surface area (Å²) in [6, 6.07) is 0. The first-order chi connectivity index (χ1) is 8.34. The molecule has 0 bridgehead atoms. The van der Waals surface area contributed by atoms with E-state index in [9.17, 15) is 10.1 Å². The van der Waals surface area contributed by atoms with Crippen molar-refractivity contribution in [3.8, 4) is 0 Å². The van der Waals surface area contributed by atoms with E-state index in [0.29, 0.717) is 11.0 Å². The Bertz CT molecular complexity index is 686. The normalized spacial score (nSPS) is 10.9. The lowest BCUT2D eigenvalue weighted by Gasteiger charge is -2.09. The van der Waals surface area contributed by atoms with Gasteiger partial charge in [0, 0.05) is 5.69 Å². The third-order valence-corrected chi connectivity index (χ3v) is 3.59. The van der Waals surface area contributed by atoms with Gasteiger partial charge in [0.2, 0.25) is 5.15 Å². The predicted molar refractivity (Wildman–Crippen MR) is 70.4 cm³/mol. The minimum Gasteiger partial charge on any atom is -0.258 e. The van der Waals surface area contributed by atoms with E-state index in [1.807, 2.05) is 20.8 Å². The lowest BCUT2D eigenvalue weighted by Crippen LogP contribution is -2.00. The van der Waals surface area contributed by atoms with Gasteiger partial charge in [0.05, 0.1) is 10.4 Å². The van der Waals surface area contributed by atoms with Crippen LogP contribution in [-0.4, -0.2) is 14.9 Å². The van der Waals surface area contributed by atoms with E-state index in [-0.39, 0.29) is 10.2 Å². The molecule has 0 fully saturated rings. The molecule has 0 unspecified atom stereocenters. The number of aromatic nitrogens is 2. The molecule has 7 heteroatoms. The number of nitrogens with zero attached hydrogens (tertiary/aromatic N) is 3. The van der Waals surface area contributed by atoms with Gasteiger partial charge in [-0.1, -0.05) is 23.2 Å². The molecule has 5 nitrogen and oxygen atoms in total. The molecule has 2 aromatic heterocycles. The van der Waals surface area contributed by atoms with Crippen molar-refractivity contribution in [2.45, 2.75) is 20.8 Å². The molecular weight excluding hydrogens is 277 g/mol. The second kappa shape index (κ2) is 4.33. The van der Waals surface area contributed by atoms with E-state index in [0.717, 1.165) is 16.8 Å². The van der Waals surface area contributed by atoms with E-state index >= 15 is 0 Å². The van der Waals surface area contributed by atoms with Gasteiger partial charge in [-0.25, -0.2) is 9.97 Å². The summed E-state index contributed by atoms with van der Waals surface area (Å²) in [7, 11) is 0. The molecule has 0 aromatic carbocycles. The van der Waals surface area contributed by atoms with Crippen LogP contribution >= 0.6 is 23.2 Å². The number of rotatable bonds is 1. The van der Waals surface area contributed by atoms with Gasteiger partial charge in [-0.3, -0.25) is 10.1 Å². The summed E-state index contributed by atoms with van der Waals surface area (Å²) < 4.78 is 0. The van der Waals surface area contributed by atoms with Crippen LogP contribution in [0.25, 0.3) is 11.0 Å². The molecule has 0 amide bonds. The van der Waals surface area contributed by atoms with E-state index in [1.165, 1.54) is 0 Å². The maximum atomic E-state index is 10.9. The predicted octanol–water partition coefficient (Wildman–Crippen LogP) is 3.77. The zero-order valence-corrected chi connectivity index (χ0v) is 11.4. The van der Waals surface area contributed by atoms with E-state index in [2.05, 4.69) is 9.97 Å². The van der Waals surface area contributed by atoms with Crippen LogP contribution in [0.5, 0.6) is 0 Å². The van der Waals surface area contributed by atoms with Crippen LogP contribution in [0.2, 0.25) is 10.2 Å². The number of pyridine rings is 2. The summed E-state index contributed by atoms with van der Waals surface area (Å²) in [5, 5.41) is 10.6. The number of nitro groups is 1. The Morgan fingerprint density at radius 1 is 1.06 bits per heavy atom. The van der Waals surface area contributed by atoms with Crippen molar-refractivity contribution in [3.05, 3.63) is 37.1 Å². The lowest BCUT2D eigenvalue weighted by molar-refractivity contribution is -0.384. The van der Waals surface area contributed by atoms with E-state index < -0.39 is 10.6 Å². The van der Waals surface area contributed by atoms with E-state index in [4.69, 9.17) is 23.2 Å². The molecule has 0 aliphatic heterocycles. The van der Waals surface area contributed by atoms with Gasteiger partial charge in [0.1, 0.15) is 10.5 Å². The molecule has 2 rings (SSSR count). The topological polar surface area (TPSA) is 68.9 Å². The molecule has 94 valence electrons. The average molecular weight is 286 g/mol. The van der Waals surface area contributed by atoms with Crippen molar-refractivity contribution in [2.75, 3.05) is 0 Å². The summed E-state index contributed by atoms with van der Waals surface area (Å²) in [5.74, 6) is 0. The first kappa shape index (κ1) is 13.0. The summed E-state index contributed by atoms with van der Waals surface area (Å²) in [5.41, 5.74) is 3.01. The molecule has 0 spiro atoms. The molecule has 0 aliphatic rings. The van der Waals surface area contributed by atoms with Crippen LogP contribution in [-0.2, 0) is 0 Å². The van der Waals surface area contributed by atoms with Gasteiger partial charge >= 0.3 is 5.69 Å². The standard InChI is InChI=1S/C11H9Cl2N3O2/c1-4-5(2)8-9(14-6(4)3)7(12)10(16(17)18)11(13)15-8/h1-3H3. The zero-order chi connectivity index (χ0) is 13.6. The van der Waals surface area contributed by atoms with Crippen LogP contribution in [0.1, 0.15) is 16.8 Å². The summed E-state index contributed by atoms with van der Waals surface area (Å²) >= 11 is 11.8. The number of aryl methyl sites for hydroxylation is 2. The number of hydrogen-bond acceptors (Lipinski definition) is 4. The Labute approximate surface area is 113 Å². The van der Waals surface area contributed by atoms with Gasteiger partial charge in [0.15, 0.2) is 0 Å². The smallest absolute Gasteiger partial charge is 0.258 e. The maximum Gasteiger partial charge on any atom is 0.327 e. The molecule has 0 saturated carbocycles. The van der Waals surface area contributed by atoms with Crippen LogP contribution < -0.4 is 0 Å². The zero-order valence-electron chi connectivity index (χ0n) is 9.91. The van der Waals surface area contributed by atoms with Gasteiger partial charge in [-0.05, 0) is 31.9 Å². The van der Waals surface area contributed by atoms with Crippen molar-refractivity contribution < 1.29 is 4.92 Å². The largest absolute Gasteiger partial charge is 0.327 e. The number of fused-ring (bicyclic) bond motifs is 1. The molecule has 0 radical (unpaired) electrons. The van der Waals surface area contributed by atoms with Crippen LogP contribution in [0.15, 0.2) is 0 Å². The van der Waals surface area contributed by atoms with Crippen LogP contribution in [0, 0.1) is 30.9 Å². The molecular formula is C11H9Cl2N3O2. The first-order valence-corrected chi connectivity index (χ1v) is 5.87. The summed E-state index contributed by atoms with van der Waals surface area (Å²) in [6.07, 6.45) is 0. The number of halogens is 2. The van der Waals surface area contributed by atoms with Gasteiger partial charge < -0.3 is 0 Å². The monoisotopic (exact) mass is 285 g/mol. The molecule has 0 N–H and O–H groups in total. The minimum atomic E-state index is -0.649. The Morgan fingerprint density at radius 2 is 1.67 bits per heavy atom. The van der Waals surface area contributed by atoms with Crippen molar-refractivity contribution >= 4 is 39.9 Å². The second-order valence-electron chi connectivity index (χ2n) is 3.97. The number of hydrogen-bond donors (Lipinski definition) is 0. The van der Waals surface area contributed by atoms with Crippen molar-refractivity contribution in [3.63, 3.8) is 0 Å². The van der Waals surface area contributed by atoms with Crippen molar-refractivity contribution in [2.24, 2.45) is 0 Å². The van der Waals surface area contributed by atoms with Gasteiger partial charge in [-0.15, -0.1) is 0 Å². The first-order valence-electron chi connectivity index (χ1n) is 5.11. The fourth-order valence-corrected chi connectivity index (χ4v) is 2.32. The Morgan fingerprint density at radius 3 is 2.22 bits per heavy atom.